The summed E-state index contributed by atoms with van der Waals surface area (Å²) in [5.41, 5.74) is 2.38. The molecule has 0 unspecified atom stereocenters. The number of hydrogen-bond donors (Lipinski definition) is 0. The first-order chi connectivity index (χ1) is 7.83. The molecule has 1 aliphatic heterocycles. The summed E-state index contributed by atoms with van der Waals surface area (Å²) >= 11 is 0. The van der Waals surface area contributed by atoms with Gasteiger partial charge in [-0.2, -0.15) is 0 Å². The van der Waals surface area contributed by atoms with Crippen molar-refractivity contribution in [3.63, 3.8) is 0 Å². The third-order valence-corrected chi connectivity index (χ3v) is 2.85. The molecule has 1 aliphatic rings. The normalized spacial score (nSPS) is 15.1. The minimum Gasteiger partial charge on any atom is -0.358 e. The van der Waals surface area contributed by atoms with E-state index in [1.165, 1.54) is 11.1 Å². The molecular weight excluding hydrogens is 200 g/mol. The van der Waals surface area contributed by atoms with Gasteiger partial charge in [-0.1, -0.05) is 24.3 Å². The average molecular weight is 216 g/mol. The molecule has 0 N–H and O–H groups in total. The Morgan fingerprint density at radius 2 is 2.25 bits per heavy atom. The van der Waals surface area contributed by atoms with Crippen molar-refractivity contribution in [1.29, 1.82) is 0 Å². The van der Waals surface area contributed by atoms with E-state index in [4.69, 9.17) is 0 Å². The Hall–Kier alpha value is -1.64. The number of carbonyl (C=O) groups is 1. The lowest BCUT2D eigenvalue weighted by Gasteiger charge is -2.16. The highest BCUT2D eigenvalue weighted by Crippen LogP contribution is 2.16. The van der Waals surface area contributed by atoms with E-state index in [9.17, 15) is 4.79 Å². The maximum Gasteiger partial charge on any atom is 0.131 e. The van der Waals surface area contributed by atoms with E-state index < -0.39 is 0 Å². The molecular formula is C13H16N2O. The van der Waals surface area contributed by atoms with Gasteiger partial charge in [0.15, 0.2) is 0 Å². The number of rotatable bonds is 4. The number of benzene rings is 1. The van der Waals surface area contributed by atoms with Crippen LogP contribution in [0.2, 0.25) is 0 Å². The maximum atomic E-state index is 10.4. The summed E-state index contributed by atoms with van der Waals surface area (Å²) in [6, 6.07) is 8.20. The van der Waals surface area contributed by atoms with E-state index in [2.05, 4.69) is 29.1 Å². The maximum absolute atomic E-state index is 10.4. The molecule has 0 saturated heterocycles. The number of nitrogens with zero attached hydrogens (tertiary/aromatic N) is 2. The van der Waals surface area contributed by atoms with Gasteiger partial charge in [0, 0.05) is 25.6 Å². The van der Waals surface area contributed by atoms with Gasteiger partial charge in [-0.25, -0.2) is 0 Å². The van der Waals surface area contributed by atoms with Crippen LogP contribution in [-0.4, -0.2) is 37.2 Å². The number of aryl methyl sites for hydroxylation is 1. The van der Waals surface area contributed by atoms with E-state index in [0.717, 1.165) is 31.6 Å². The standard InChI is InChI=1S/C13H16N2O/c1-15-9-8-14-13(15)12-7-3-2-5-11(12)6-4-10-16/h2-3,5,7,10H,4,6,8-9H2,1H3. The van der Waals surface area contributed by atoms with Crippen molar-refractivity contribution in [2.24, 2.45) is 4.99 Å². The molecule has 1 aromatic carbocycles. The number of amidine groups is 1. The molecule has 0 fully saturated rings. The van der Waals surface area contributed by atoms with Crippen molar-refractivity contribution in [3.05, 3.63) is 35.4 Å². The third kappa shape index (κ3) is 2.13. The van der Waals surface area contributed by atoms with Crippen LogP contribution >= 0.6 is 0 Å². The van der Waals surface area contributed by atoms with E-state index in [1.54, 1.807) is 0 Å². The fraction of sp³-hybridized carbons (Fsp3) is 0.385. The van der Waals surface area contributed by atoms with Crippen molar-refractivity contribution in [1.82, 2.24) is 4.90 Å². The van der Waals surface area contributed by atoms with Gasteiger partial charge in [-0.3, -0.25) is 4.99 Å². The van der Waals surface area contributed by atoms with Gasteiger partial charge in [0.05, 0.1) is 6.54 Å². The van der Waals surface area contributed by atoms with Crippen LogP contribution in [0.4, 0.5) is 0 Å². The number of aldehydes is 1. The Labute approximate surface area is 95.8 Å². The molecule has 2 rings (SSSR count). The minimum absolute atomic E-state index is 0.577. The smallest absolute Gasteiger partial charge is 0.131 e. The molecule has 3 nitrogen and oxygen atoms in total. The van der Waals surface area contributed by atoms with Crippen LogP contribution in [0.25, 0.3) is 0 Å². The van der Waals surface area contributed by atoms with Crippen LogP contribution in [0.1, 0.15) is 17.5 Å². The Morgan fingerprint density at radius 1 is 1.44 bits per heavy atom. The predicted octanol–water partition coefficient (Wildman–Crippen LogP) is 1.51. The first-order valence-electron chi connectivity index (χ1n) is 5.60. The molecule has 0 aromatic heterocycles. The third-order valence-electron chi connectivity index (χ3n) is 2.85. The predicted molar refractivity (Wildman–Crippen MR) is 64.9 cm³/mol. The lowest BCUT2D eigenvalue weighted by Crippen LogP contribution is -2.24. The van der Waals surface area contributed by atoms with Crippen LogP contribution in [-0.2, 0) is 11.2 Å². The Morgan fingerprint density at radius 3 is 2.94 bits per heavy atom. The van der Waals surface area contributed by atoms with Gasteiger partial charge in [0.25, 0.3) is 0 Å². The zero-order chi connectivity index (χ0) is 11.4. The van der Waals surface area contributed by atoms with Gasteiger partial charge in [0.2, 0.25) is 0 Å². The first kappa shape index (κ1) is 10.9. The lowest BCUT2D eigenvalue weighted by molar-refractivity contribution is -0.107. The molecule has 0 amide bonds. The summed E-state index contributed by atoms with van der Waals surface area (Å²) < 4.78 is 0. The van der Waals surface area contributed by atoms with Gasteiger partial charge in [0.1, 0.15) is 12.1 Å². The summed E-state index contributed by atoms with van der Waals surface area (Å²) in [4.78, 5) is 17.1. The summed E-state index contributed by atoms with van der Waals surface area (Å²) in [5, 5.41) is 0. The van der Waals surface area contributed by atoms with E-state index >= 15 is 0 Å². The molecule has 0 spiro atoms. The van der Waals surface area contributed by atoms with Gasteiger partial charge in [-0.05, 0) is 12.0 Å². The molecule has 0 saturated carbocycles. The Kier molecular flexibility index (Phi) is 3.34. The van der Waals surface area contributed by atoms with Crippen molar-refractivity contribution in [3.8, 4) is 0 Å². The van der Waals surface area contributed by atoms with Crippen LogP contribution < -0.4 is 0 Å². The molecule has 1 aromatic rings. The molecule has 1 heterocycles. The monoisotopic (exact) mass is 216 g/mol. The number of likely N-dealkylation sites (N-methyl/N-ethyl adjacent to an activating group) is 1. The Bertz CT molecular complexity index is 412. The minimum atomic E-state index is 0.577. The van der Waals surface area contributed by atoms with E-state index in [1.807, 2.05) is 12.1 Å². The van der Waals surface area contributed by atoms with E-state index in [0.29, 0.717) is 6.42 Å². The topological polar surface area (TPSA) is 32.7 Å². The van der Waals surface area contributed by atoms with Crippen molar-refractivity contribution >= 4 is 12.1 Å². The lowest BCUT2D eigenvalue weighted by atomic mass is 10.0. The fourth-order valence-electron chi connectivity index (χ4n) is 1.99. The van der Waals surface area contributed by atoms with Crippen LogP contribution in [0.3, 0.4) is 0 Å². The average Bonchev–Trinajstić information content (AvgIpc) is 2.73. The first-order valence-corrected chi connectivity index (χ1v) is 5.60. The highest BCUT2D eigenvalue weighted by molar-refractivity contribution is 6.00. The molecule has 0 radical (unpaired) electrons. The summed E-state index contributed by atoms with van der Waals surface area (Å²) in [7, 11) is 2.06. The molecule has 3 heteroatoms. The van der Waals surface area contributed by atoms with Crippen molar-refractivity contribution < 1.29 is 4.79 Å². The van der Waals surface area contributed by atoms with E-state index in [-0.39, 0.29) is 0 Å². The second kappa shape index (κ2) is 4.92. The number of aliphatic imine (C=N–C) groups is 1. The quantitative estimate of drug-likeness (QED) is 0.715. The van der Waals surface area contributed by atoms with Gasteiger partial charge >= 0.3 is 0 Å². The fourth-order valence-corrected chi connectivity index (χ4v) is 1.99. The van der Waals surface area contributed by atoms with Gasteiger partial charge in [-0.15, -0.1) is 0 Å². The molecule has 0 bridgehead atoms. The zero-order valence-electron chi connectivity index (χ0n) is 9.52. The van der Waals surface area contributed by atoms with Crippen molar-refractivity contribution in [2.75, 3.05) is 20.1 Å². The summed E-state index contributed by atoms with van der Waals surface area (Å²) in [6.07, 6.45) is 2.34. The Balaban J connectivity index is 2.28. The summed E-state index contributed by atoms with van der Waals surface area (Å²) in [6.45, 7) is 1.85. The van der Waals surface area contributed by atoms with Crippen LogP contribution in [0.5, 0.6) is 0 Å². The number of hydrogen-bond acceptors (Lipinski definition) is 3. The highest BCUT2D eigenvalue weighted by atomic mass is 16.1. The molecule has 0 aliphatic carbocycles. The molecule has 0 atom stereocenters. The van der Waals surface area contributed by atoms with Gasteiger partial charge < -0.3 is 9.69 Å². The second-order valence-corrected chi connectivity index (χ2v) is 3.99. The largest absolute Gasteiger partial charge is 0.358 e. The highest BCUT2D eigenvalue weighted by Gasteiger charge is 2.16. The van der Waals surface area contributed by atoms with Crippen LogP contribution in [0.15, 0.2) is 29.3 Å². The number of carbonyl (C=O) groups excluding carboxylic acids is 1. The SMILES string of the molecule is CN1CCN=C1c1ccccc1CCC=O. The molecule has 16 heavy (non-hydrogen) atoms. The zero-order valence-corrected chi connectivity index (χ0v) is 9.52. The van der Waals surface area contributed by atoms with Crippen LogP contribution in [0, 0.1) is 0 Å². The molecule has 84 valence electrons. The summed E-state index contributed by atoms with van der Waals surface area (Å²) in [5.74, 6) is 1.06. The second-order valence-electron chi connectivity index (χ2n) is 3.99. The van der Waals surface area contributed by atoms with Crippen molar-refractivity contribution in [2.45, 2.75) is 12.8 Å².